The zero-order chi connectivity index (χ0) is 24.4. The van der Waals surface area contributed by atoms with E-state index in [9.17, 15) is 4.79 Å². The lowest BCUT2D eigenvalue weighted by Crippen LogP contribution is -2.20. The lowest BCUT2D eigenvalue weighted by Gasteiger charge is -2.19. The molecule has 2 aromatic carbocycles. The normalized spacial score (nSPS) is 13.3. The standard InChI is InChI=1S/C28H27N5O2/c1-28(2,3)19-5-4-6-20(15-19)32-27(34)23-10-8-18-7-9-21(16-24(18)33-23)35-22-11-12-29-25(17-22)26-30-13-14-31-26/h4-12,15-17H,13-14H2,1-3H3,(H,30,31)(H,32,34). The topological polar surface area (TPSA) is 88.5 Å². The number of fused-ring (bicyclic) bond motifs is 1. The monoisotopic (exact) mass is 465 g/mol. The number of carbonyl (C=O) groups excluding carboxylic acids is 1. The van der Waals surface area contributed by atoms with E-state index in [4.69, 9.17) is 4.74 Å². The van der Waals surface area contributed by atoms with Gasteiger partial charge in [0.05, 0.1) is 12.1 Å². The number of aromatic nitrogens is 2. The van der Waals surface area contributed by atoms with Gasteiger partial charge in [0.25, 0.3) is 5.91 Å². The minimum atomic E-state index is -0.257. The molecule has 2 N–H and O–H groups in total. The van der Waals surface area contributed by atoms with Gasteiger partial charge in [-0.1, -0.05) is 39.0 Å². The molecule has 0 unspecified atom stereocenters. The van der Waals surface area contributed by atoms with Crippen molar-refractivity contribution in [3.05, 3.63) is 89.9 Å². The van der Waals surface area contributed by atoms with Crippen LogP contribution in [0.25, 0.3) is 10.9 Å². The first-order valence-corrected chi connectivity index (χ1v) is 11.6. The third kappa shape index (κ3) is 5.14. The molecular formula is C28H27N5O2. The highest BCUT2D eigenvalue weighted by Gasteiger charge is 2.15. The summed E-state index contributed by atoms with van der Waals surface area (Å²) >= 11 is 0. The molecule has 4 aromatic rings. The summed E-state index contributed by atoms with van der Waals surface area (Å²) in [7, 11) is 0. The second kappa shape index (κ2) is 9.18. The molecule has 1 aliphatic heterocycles. The quantitative estimate of drug-likeness (QED) is 0.416. The number of pyridine rings is 2. The maximum atomic E-state index is 12.9. The molecule has 1 amide bonds. The van der Waals surface area contributed by atoms with Crippen molar-refractivity contribution in [2.75, 3.05) is 18.4 Å². The third-order valence-corrected chi connectivity index (χ3v) is 5.77. The number of benzene rings is 2. The van der Waals surface area contributed by atoms with Gasteiger partial charge in [0.1, 0.15) is 28.7 Å². The van der Waals surface area contributed by atoms with Crippen LogP contribution < -0.4 is 15.4 Å². The molecule has 7 nitrogen and oxygen atoms in total. The van der Waals surface area contributed by atoms with Crippen molar-refractivity contribution in [2.24, 2.45) is 4.99 Å². The van der Waals surface area contributed by atoms with Crippen LogP contribution in [0.15, 0.2) is 77.9 Å². The Labute approximate surface area is 204 Å². The van der Waals surface area contributed by atoms with Crippen molar-refractivity contribution in [2.45, 2.75) is 26.2 Å². The van der Waals surface area contributed by atoms with Gasteiger partial charge in [0, 0.05) is 35.9 Å². The zero-order valence-electron chi connectivity index (χ0n) is 20.0. The fourth-order valence-corrected chi connectivity index (χ4v) is 3.86. The first kappa shape index (κ1) is 22.5. The Morgan fingerprint density at radius 3 is 2.63 bits per heavy atom. The van der Waals surface area contributed by atoms with Gasteiger partial charge in [0.15, 0.2) is 0 Å². The molecule has 2 aromatic heterocycles. The smallest absolute Gasteiger partial charge is 0.274 e. The van der Waals surface area contributed by atoms with E-state index in [1.54, 1.807) is 18.3 Å². The second-order valence-electron chi connectivity index (χ2n) is 9.47. The predicted molar refractivity (Wildman–Crippen MR) is 139 cm³/mol. The number of rotatable bonds is 5. The summed E-state index contributed by atoms with van der Waals surface area (Å²) < 4.78 is 6.06. The number of hydrogen-bond donors (Lipinski definition) is 2. The summed E-state index contributed by atoms with van der Waals surface area (Å²) in [5, 5.41) is 7.10. The Morgan fingerprint density at radius 2 is 1.83 bits per heavy atom. The van der Waals surface area contributed by atoms with Gasteiger partial charge in [0.2, 0.25) is 0 Å². The molecule has 0 atom stereocenters. The first-order chi connectivity index (χ1) is 16.8. The Balaban J connectivity index is 1.36. The molecule has 176 valence electrons. The van der Waals surface area contributed by atoms with Gasteiger partial charge < -0.3 is 15.4 Å². The fraction of sp³-hybridized carbons (Fsp3) is 0.214. The third-order valence-electron chi connectivity index (χ3n) is 5.77. The average molecular weight is 466 g/mol. The van der Waals surface area contributed by atoms with Crippen molar-refractivity contribution in [3.8, 4) is 11.5 Å². The van der Waals surface area contributed by atoms with Gasteiger partial charge >= 0.3 is 0 Å². The van der Waals surface area contributed by atoms with E-state index in [1.807, 2.05) is 48.5 Å². The average Bonchev–Trinajstić information content (AvgIpc) is 3.39. The van der Waals surface area contributed by atoms with Gasteiger partial charge in [-0.15, -0.1) is 0 Å². The van der Waals surface area contributed by atoms with Crippen LogP contribution in [0.2, 0.25) is 0 Å². The number of nitrogens with one attached hydrogen (secondary N) is 2. The molecule has 0 saturated heterocycles. The number of amides is 1. The van der Waals surface area contributed by atoms with Crippen LogP contribution in [-0.4, -0.2) is 34.8 Å². The molecule has 5 rings (SSSR count). The van der Waals surface area contributed by atoms with Gasteiger partial charge in [-0.2, -0.15) is 0 Å². The molecular weight excluding hydrogens is 438 g/mol. The van der Waals surface area contributed by atoms with Crippen LogP contribution in [0.5, 0.6) is 11.5 Å². The lowest BCUT2D eigenvalue weighted by molar-refractivity contribution is 0.102. The molecule has 35 heavy (non-hydrogen) atoms. The van der Waals surface area contributed by atoms with E-state index in [0.717, 1.165) is 41.3 Å². The highest BCUT2D eigenvalue weighted by molar-refractivity contribution is 6.04. The first-order valence-electron chi connectivity index (χ1n) is 11.6. The number of amidine groups is 1. The minimum Gasteiger partial charge on any atom is -0.457 e. The highest BCUT2D eigenvalue weighted by Crippen LogP contribution is 2.27. The summed E-state index contributed by atoms with van der Waals surface area (Å²) in [5.41, 5.74) is 3.65. The summed E-state index contributed by atoms with van der Waals surface area (Å²) in [6.45, 7) is 7.99. The molecule has 7 heteroatoms. The van der Waals surface area contributed by atoms with Crippen molar-refractivity contribution in [1.82, 2.24) is 15.3 Å². The van der Waals surface area contributed by atoms with E-state index < -0.39 is 0 Å². The molecule has 3 heterocycles. The zero-order valence-corrected chi connectivity index (χ0v) is 20.0. The van der Waals surface area contributed by atoms with Crippen LogP contribution in [0.4, 0.5) is 5.69 Å². The van der Waals surface area contributed by atoms with Crippen molar-refractivity contribution >= 4 is 28.3 Å². The summed E-state index contributed by atoms with van der Waals surface area (Å²) in [6, 6.07) is 20.8. The Kier molecular flexibility index (Phi) is 5.91. The molecule has 1 aliphatic rings. The molecule has 0 spiro atoms. The molecule has 0 bridgehead atoms. The van der Waals surface area contributed by atoms with Crippen LogP contribution in [0.1, 0.15) is 42.5 Å². The molecule has 0 radical (unpaired) electrons. The van der Waals surface area contributed by atoms with Crippen molar-refractivity contribution in [1.29, 1.82) is 0 Å². The number of carbonyl (C=O) groups is 1. The lowest BCUT2D eigenvalue weighted by atomic mass is 9.87. The van der Waals surface area contributed by atoms with Crippen LogP contribution in [-0.2, 0) is 5.41 Å². The summed E-state index contributed by atoms with van der Waals surface area (Å²) in [5.74, 6) is 1.80. The van der Waals surface area contributed by atoms with Crippen molar-refractivity contribution in [3.63, 3.8) is 0 Å². The Morgan fingerprint density at radius 1 is 1.00 bits per heavy atom. The molecule has 0 saturated carbocycles. The van der Waals surface area contributed by atoms with E-state index in [0.29, 0.717) is 22.7 Å². The second-order valence-corrected chi connectivity index (χ2v) is 9.47. The van der Waals surface area contributed by atoms with Crippen LogP contribution >= 0.6 is 0 Å². The SMILES string of the molecule is CC(C)(C)c1cccc(NC(=O)c2ccc3ccc(Oc4ccnc(C5=NCCN5)c4)cc3n2)c1. The van der Waals surface area contributed by atoms with Crippen molar-refractivity contribution < 1.29 is 9.53 Å². The number of hydrogen-bond acceptors (Lipinski definition) is 6. The highest BCUT2D eigenvalue weighted by atomic mass is 16.5. The van der Waals surface area contributed by atoms with Crippen LogP contribution in [0.3, 0.4) is 0 Å². The van der Waals surface area contributed by atoms with E-state index in [1.165, 1.54) is 0 Å². The molecule has 0 aliphatic carbocycles. The largest absolute Gasteiger partial charge is 0.457 e. The van der Waals surface area contributed by atoms with E-state index in [2.05, 4.69) is 52.4 Å². The number of ether oxygens (including phenoxy) is 1. The maximum Gasteiger partial charge on any atom is 0.274 e. The van der Waals surface area contributed by atoms with E-state index >= 15 is 0 Å². The Hall–Kier alpha value is -4.26. The fourth-order valence-electron chi connectivity index (χ4n) is 3.86. The Bertz CT molecular complexity index is 1440. The van der Waals surface area contributed by atoms with E-state index in [-0.39, 0.29) is 11.3 Å². The number of aliphatic imine (C=N–C) groups is 1. The predicted octanol–water partition coefficient (Wildman–Crippen LogP) is 5.32. The summed E-state index contributed by atoms with van der Waals surface area (Å²) in [4.78, 5) is 26.3. The minimum absolute atomic E-state index is 0.00497. The van der Waals surface area contributed by atoms with Gasteiger partial charge in [-0.05, 0) is 47.4 Å². The van der Waals surface area contributed by atoms with Crippen LogP contribution in [0, 0.1) is 0 Å². The maximum absolute atomic E-state index is 12.9. The number of anilines is 1. The number of nitrogens with zero attached hydrogens (tertiary/aromatic N) is 3. The summed E-state index contributed by atoms with van der Waals surface area (Å²) in [6.07, 6.45) is 1.70. The van der Waals surface area contributed by atoms with Gasteiger partial charge in [-0.25, -0.2) is 4.98 Å². The molecule has 0 fully saturated rings. The van der Waals surface area contributed by atoms with Gasteiger partial charge in [-0.3, -0.25) is 14.8 Å².